The van der Waals surface area contributed by atoms with Crippen LogP contribution in [0.5, 0.6) is 0 Å². The van der Waals surface area contributed by atoms with E-state index in [1.54, 1.807) is 0 Å². The quantitative estimate of drug-likeness (QED) is 0.712. The van der Waals surface area contributed by atoms with Gasteiger partial charge in [0.1, 0.15) is 5.82 Å². The van der Waals surface area contributed by atoms with Gasteiger partial charge in [-0.1, -0.05) is 18.2 Å². The van der Waals surface area contributed by atoms with Crippen molar-refractivity contribution >= 4 is 0 Å². The number of aryl methyl sites for hydroxylation is 1. The zero-order chi connectivity index (χ0) is 18.4. The van der Waals surface area contributed by atoms with Crippen molar-refractivity contribution in [3.8, 4) is 5.69 Å². The summed E-state index contributed by atoms with van der Waals surface area (Å²) in [6.45, 7) is 7.18. The molecular weight excluding hydrogens is 334 g/mol. The molecule has 3 heterocycles. The molecule has 0 atom stereocenters. The smallest absolute Gasteiger partial charge is 0.131 e. The molecule has 2 aromatic heterocycles. The lowest BCUT2D eigenvalue weighted by Crippen LogP contribution is -2.31. The lowest BCUT2D eigenvalue weighted by Gasteiger charge is -2.28. The van der Waals surface area contributed by atoms with Crippen LogP contribution in [0.2, 0.25) is 0 Å². The summed E-state index contributed by atoms with van der Waals surface area (Å²) < 4.78 is 2.06. The maximum Gasteiger partial charge on any atom is 0.131 e. The van der Waals surface area contributed by atoms with Gasteiger partial charge in [0, 0.05) is 60.7 Å². The van der Waals surface area contributed by atoms with Crippen molar-refractivity contribution in [2.24, 2.45) is 0 Å². The highest BCUT2D eigenvalue weighted by molar-refractivity contribution is 5.37. The maximum atomic E-state index is 4.84. The second kappa shape index (κ2) is 6.57. The Hall–Kier alpha value is -2.53. The molecule has 5 rings (SSSR count). The van der Waals surface area contributed by atoms with Gasteiger partial charge in [-0.05, 0) is 38.8 Å². The summed E-state index contributed by atoms with van der Waals surface area (Å²) >= 11 is 0. The molecule has 1 aliphatic heterocycles. The average Bonchev–Trinajstić information content (AvgIpc) is 3.51. The first kappa shape index (κ1) is 16.6. The molecule has 0 unspecified atom stereocenters. The zero-order valence-electron chi connectivity index (χ0n) is 16.0. The summed E-state index contributed by atoms with van der Waals surface area (Å²) in [7, 11) is 0. The minimum Gasteiger partial charge on any atom is -0.294 e. The number of hydrogen-bond acceptors (Lipinski definition) is 4. The summed E-state index contributed by atoms with van der Waals surface area (Å²) in [6, 6.07) is 10.4. The first-order valence-electron chi connectivity index (χ1n) is 9.86. The minimum absolute atomic E-state index is 0.627. The first-order valence-corrected chi connectivity index (χ1v) is 9.86. The van der Waals surface area contributed by atoms with Crippen LogP contribution in [0.1, 0.15) is 52.8 Å². The number of hydrogen-bond donors (Lipinski definition) is 0. The van der Waals surface area contributed by atoms with E-state index in [2.05, 4.69) is 58.9 Å². The van der Waals surface area contributed by atoms with Crippen LogP contribution in [-0.2, 0) is 19.5 Å². The van der Waals surface area contributed by atoms with Crippen LogP contribution >= 0.6 is 0 Å². The van der Waals surface area contributed by atoms with Gasteiger partial charge in [0.2, 0.25) is 0 Å². The summed E-state index contributed by atoms with van der Waals surface area (Å²) in [6.07, 6.45) is 5.60. The molecule has 1 fully saturated rings. The Labute approximate surface area is 160 Å². The van der Waals surface area contributed by atoms with Crippen molar-refractivity contribution in [3.05, 3.63) is 70.6 Å². The fraction of sp³-hybridized carbons (Fsp3) is 0.409. The number of aromatic nitrogens is 4. The second-order valence-corrected chi connectivity index (χ2v) is 7.83. The molecule has 0 bridgehead atoms. The highest BCUT2D eigenvalue weighted by Gasteiger charge is 2.28. The Bertz CT molecular complexity index is 972. The molecule has 1 aliphatic carbocycles. The summed E-state index contributed by atoms with van der Waals surface area (Å²) in [5.74, 6) is 1.69. The molecule has 1 aromatic carbocycles. The Morgan fingerprint density at radius 1 is 1.11 bits per heavy atom. The molecule has 2 aliphatic rings. The number of rotatable bonds is 4. The van der Waals surface area contributed by atoms with E-state index in [4.69, 9.17) is 10.1 Å². The van der Waals surface area contributed by atoms with E-state index in [9.17, 15) is 0 Å². The molecule has 5 heteroatoms. The molecule has 0 amide bonds. The van der Waals surface area contributed by atoms with Crippen molar-refractivity contribution in [3.63, 3.8) is 0 Å². The average molecular weight is 359 g/mol. The predicted molar refractivity (Wildman–Crippen MR) is 105 cm³/mol. The Kier molecular flexibility index (Phi) is 4.05. The van der Waals surface area contributed by atoms with Crippen molar-refractivity contribution in [1.82, 2.24) is 24.6 Å². The summed E-state index contributed by atoms with van der Waals surface area (Å²) in [5, 5.41) is 4.79. The van der Waals surface area contributed by atoms with Crippen LogP contribution in [0.15, 0.2) is 36.5 Å². The van der Waals surface area contributed by atoms with Crippen LogP contribution in [0.3, 0.4) is 0 Å². The van der Waals surface area contributed by atoms with Crippen molar-refractivity contribution in [2.45, 2.75) is 52.1 Å². The summed E-state index contributed by atoms with van der Waals surface area (Å²) in [4.78, 5) is 12.0. The van der Waals surface area contributed by atoms with Gasteiger partial charge < -0.3 is 0 Å². The highest BCUT2D eigenvalue weighted by Crippen LogP contribution is 2.38. The maximum absolute atomic E-state index is 4.84. The molecule has 1 saturated carbocycles. The van der Waals surface area contributed by atoms with Crippen LogP contribution in [0.25, 0.3) is 5.69 Å². The predicted octanol–water partition coefficient (Wildman–Crippen LogP) is 3.71. The molecular formula is C22H25N5. The van der Waals surface area contributed by atoms with Crippen molar-refractivity contribution in [1.29, 1.82) is 0 Å². The van der Waals surface area contributed by atoms with E-state index in [1.165, 1.54) is 35.4 Å². The molecule has 3 aromatic rings. The minimum atomic E-state index is 0.627. The van der Waals surface area contributed by atoms with Gasteiger partial charge in [0.25, 0.3) is 0 Å². The number of fused-ring (bicyclic) bond motifs is 1. The van der Waals surface area contributed by atoms with Crippen LogP contribution < -0.4 is 0 Å². The molecule has 27 heavy (non-hydrogen) atoms. The monoisotopic (exact) mass is 359 g/mol. The molecule has 0 radical (unpaired) electrons. The summed E-state index contributed by atoms with van der Waals surface area (Å²) in [5.41, 5.74) is 7.34. The van der Waals surface area contributed by atoms with Gasteiger partial charge in [-0.25, -0.2) is 14.6 Å². The number of benzene rings is 1. The van der Waals surface area contributed by atoms with Gasteiger partial charge >= 0.3 is 0 Å². The van der Waals surface area contributed by atoms with Crippen LogP contribution in [-0.4, -0.2) is 31.2 Å². The molecule has 138 valence electrons. The van der Waals surface area contributed by atoms with E-state index in [-0.39, 0.29) is 0 Å². The van der Waals surface area contributed by atoms with E-state index in [0.717, 1.165) is 43.3 Å². The fourth-order valence-electron chi connectivity index (χ4n) is 4.01. The third kappa shape index (κ3) is 3.16. The van der Waals surface area contributed by atoms with Gasteiger partial charge in [0.15, 0.2) is 0 Å². The van der Waals surface area contributed by atoms with E-state index in [0.29, 0.717) is 5.92 Å². The molecule has 0 saturated heterocycles. The van der Waals surface area contributed by atoms with Gasteiger partial charge in [-0.3, -0.25) is 4.90 Å². The van der Waals surface area contributed by atoms with Gasteiger partial charge in [-0.15, -0.1) is 0 Å². The van der Waals surface area contributed by atoms with E-state index in [1.807, 2.05) is 6.07 Å². The number of para-hydroxylation sites is 1. The Balaban J connectivity index is 1.36. The largest absolute Gasteiger partial charge is 0.294 e. The third-order valence-corrected chi connectivity index (χ3v) is 5.80. The fourth-order valence-corrected chi connectivity index (χ4v) is 4.01. The Morgan fingerprint density at radius 3 is 2.70 bits per heavy atom. The molecule has 0 spiro atoms. The standard InChI is InChI=1S/C22H25N5/c1-15-20(16(2)27(25-15)19-6-4-3-5-7-19)14-26-11-10-21-18(13-26)12-23-22(24-21)17-8-9-17/h3-7,12,17H,8-11,13-14H2,1-2H3. The SMILES string of the molecule is Cc1nn(-c2ccccc2)c(C)c1CN1CCc2nc(C3CC3)ncc2C1. The highest BCUT2D eigenvalue weighted by atomic mass is 15.3. The van der Waals surface area contributed by atoms with Gasteiger partial charge in [0.05, 0.1) is 11.4 Å². The van der Waals surface area contributed by atoms with E-state index < -0.39 is 0 Å². The lowest BCUT2D eigenvalue weighted by molar-refractivity contribution is 0.241. The molecule has 0 N–H and O–H groups in total. The topological polar surface area (TPSA) is 46.8 Å². The third-order valence-electron chi connectivity index (χ3n) is 5.80. The van der Waals surface area contributed by atoms with Crippen LogP contribution in [0, 0.1) is 13.8 Å². The normalized spacial score (nSPS) is 17.1. The van der Waals surface area contributed by atoms with Crippen molar-refractivity contribution in [2.75, 3.05) is 6.54 Å². The number of nitrogens with zero attached hydrogens (tertiary/aromatic N) is 5. The first-order chi connectivity index (χ1) is 13.2. The van der Waals surface area contributed by atoms with Crippen molar-refractivity contribution < 1.29 is 0 Å². The van der Waals surface area contributed by atoms with Gasteiger partial charge in [-0.2, -0.15) is 5.10 Å². The van der Waals surface area contributed by atoms with E-state index >= 15 is 0 Å². The molecule has 5 nitrogen and oxygen atoms in total. The lowest BCUT2D eigenvalue weighted by atomic mass is 10.1. The Morgan fingerprint density at radius 2 is 1.93 bits per heavy atom. The van der Waals surface area contributed by atoms with Crippen LogP contribution in [0.4, 0.5) is 0 Å². The second-order valence-electron chi connectivity index (χ2n) is 7.83. The zero-order valence-corrected chi connectivity index (χ0v) is 16.0.